The van der Waals surface area contributed by atoms with Crippen molar-refractivity contribution < 1.29 is 9.59 Å². The minimum atomic E-state index is -0.388. The summed E-state index contributed by atoms with van der Waals surface area (Å²) in [6, 6.07) is 7.46. The number of Topliss-reactive ketones (excluding diaryl/α,β-unsaturated/α-hetero) is 1. The highest BCUT2D eigenvalue weighted by Gasteiger charge is 2.41. The summed E-state index contributed by atoms with van der Waals surface area (Å²) < 4.78 is 0. The number of benzene rings is 1. The van der Waals surface area contributed by atoms with Crippen LogP contribution in [0.3, 0.4) is 0 Å². The largest absolute Gasteiger partial charge is 0.309 e. The zero-order valence-electron chi connectivity index (χ0n) is 12.5. The quantitative estimate of drug-likeness (QED) is 0.886. The summed E-state index contributed by atoms with van der Waals surface area (Å²) in [4.78, 5) is 24.9. The molecule has 21 heavy (non-hydrogen) atoms. The van der Waals surface area contributed by atoms with Crippen LogP contribution in [0.5, 0.6) is 0 Å². The molecule has 2 aliphatic rings. The smallest absolute Gasteiger partial charge is 0.258 e. The minimum Gasteiger partial charge on any atom is -0.309 e. The number of hydrogen-bond acceptors (Lipinski definition) is 4. The average Bonchev–Trinajstić information content (AvgIpc) is 2.66. The van der Waals surface area contributed by atoms with Crippen LogP contribution >= 0.6 is 0 Å². The topological polar surface area (TPSA) is 52.7 Å². The summed E-state index contributed by atoms with van der Waals surface area (Å²) >= 11 is 0. The Balaban J connectivity index is 2.07. The van der Waals surface area contributed by atoms with Crippen LogP contribution in [0.4, 0.5) is 5.69 Å². The van der Waals surface area contributed by atoms with E-state index in [1.807, 2.05) is 29.3 Å². The highest BCUT2D eigenvalue weighted by atomic mass is 16.2. The van der Waals surface area contributed by atoms with Crippen LogP contribution in [0.15, 0.2) is 24.3 Å². The molecule has 2 atom stereocenters. The van der Waals surface area contributed by atoms with Gasteiger partial charge in [-0.1, -0.05) is 18.2 Å². The van der Waals surface area contributed by atoms with Gasteiger partial charge >= 0.3 is 0 Å². The number of amides is 1. The van der Waals surface area contributed by atoms with Gasteiger partial charge < -0.3 is 5.32 Å². The predicted octanol–water partition coefficient (Wildman–Crippen LogP) is 1.13. The molecule has 1 aromatic carbocycles. The van der Waals surface area contributed by atoms with Gasteiger partial charge in [-0.3, -0.25) is 14.6 Å². The minimum absolute atomic E-state index is 0.00435. The molecule has 5 heteroatoms. The van der Waals surface area contributed by atoms with Gasteiger partial charge in [-0.15, -0.1) is 0 Å². The molecule has 1 saturated heterocycles. The maximum Gasteiger partial charge on any atom is 0.258 e. The van der Waals surface area contributed by atoms with E-state index in [4.69, 9.17) is 0 Å². The van der Waals surface area contributed by atoms with Crippen molar-refractivity contribution in [2.75, 3.05) is 18.6 Å². The zero-order valence-corrected chi connectivity index (χ0v) is 12.5. The van der Waals surface area contributed by atoms with E-state index in [2.05, 4.69) is 5.32 Å². The molecule has 0 bridgehead atoms. The van der Waals surface area contributed by atoms with Gasteiger partial charge in [0.2, 0.25) is 0 Å². The van der Waals surface area contributed by atoms with Gasteiger partial charge in [0.05, 0.1) is 11.7 Å². The molecule has 0 radical (unpaired) electrons. The monoisotopic (exact) mass is 287 g/mol. The van der Waals surface area contributed by atoms with E-state index in [0.717, 1.165) is 30.6 Å². The molecule has 3 rings (SSSR count). The number of para-hydroxylation sites is 1. The van der Waals surface area contributed by atoms with Crippen molar-refractivity contribution in [1.29, 1.82) is 0 Å². The number of likely N-dealkylation sites (N-methyl/N-ethyl adjacent to an activating group) is 1. The van der Waals surface area contributed by atoms with Gasteiger partial charge in [0.1, 0.15) is 6.04 Å². The van der Waals surface area contributed by atoms with Gasteiger partial charge in [0, 0.05) is 13.0 Å². The Hall–Kier alpha value is -1.88. The van der Waals surface area contributed by atoms with E-state index in [1.165, 1.54) is 0 Å². The third kappa shape index (κ3) is 2.31. The van der Waals surface area contributed by atoms with Crippen LogP contribution in [-0.4, -0.2) is 42.4 Å². The third-order valence-electron chi connectivity index (χ3n) is 4.44. The van der Waals surface area contributed by atoms with E-state index < -0.39 is 0 Å². The van der Waals surface area contributed by atoms with Crippen LogP contribution < -0.4 is 10.3 Å². The summed E-state index contributed by atoms with van der Waals surface area (Å²) in [5, 5.41) is 6.78. The second-order valence-corrected chi connectivity index (χ2v) is 5.75. The number of nitrogens with one attached hydrogen (secondary N) is 1. The fourth-order valence-corrected chi connectivity index (χ4v) is 3.33. The van der Waals surface area contributed by atoms with Crippen molar-refractivity contribution in [2.24, 2.45) is 0 Å². The average molecular weight is 287 g/mol. The number of carbonyl (C=O) groups excluding carboxylic acids is 2. The second-order valence-electron chi connectivity index (χ2n) is 5.75. The molecule has 5 nitrogen and oxygen atoms in total. The lowest BCUT2D eigenvalue weighted by atomic mass is 9.97. The van der Waals surface area contributed by atoms with Gasteiger partial charge in [0.15, 0.2) is 5.78 Å². The molecule has 1 N–H and O–H groups in total. The Morgan fingerprint density at radius 3 is 2.81 bits per heavy atom. The van der Waals surface area contributed by atoms with Crippen LogP contribution in [0.1, 0.15) is 25.3 Å². The molecule has 1 fully saturated rings. The SMILES string of the molecule is CNC1CCCN2c3ccccc3CC(C(C)=O)N2C1=O. The Morgan fingerprint density at radius 2 is 2.10 bits per heavy atom. The Kier molecular flexibility index (Phi) is 3.68. The number of anilines is 1. The van der Waals surface area contributed by atoms with Crippen molar-refractivity contribution >= 4 is 17.4 Å². The van der Waals surface area contributed by atoms with Crippen molar-refractivity contribution in [3.8, 4) is 0 Å². The number of rotatable bonds is 2. The number of ketones is 1. The molecule has 2 unspecified atom stereocenters. The maximum absolute atomic E-state index is 12.8. The van der Waals surface area contributed by atoms with Gasteiger partial charge in [-0.05, 0) is 38.4 Å². The Morgan fingerprint density at radius 1 is 1.33 bits per heavy atom. The fraction of sp³-hybridized carbons (Fsp3) is 0.500. The van der Waals surface area contributed by atoms with Crippen LogP contribution in [0.25, 0.3) is 0 Å². The fourth-order valence-electron chi connectivity index (χ4n) is 3.33. The Labute approximate surface area is 124 Å². The summed E-state index contributed by atoms with van der Waals surface area (Å²) in [5.74, 6) is 0.0457. The molecule has 0 saturated carbocycles. The lowest BCUT2D eigenvalue weighted by molar-refractivity contribution is -0.141. The third-order valence-corrected chi connectivity index (χ3v) is 4.44. The first-order valence-corrected chi connectivity index (χ1v) is 7.49. The van der Waals surface area contributed by atoms with E-state index in [9.17, 15) is 9.59 Å². The molecule has 2 heterocycles. The standard InChI is InChI=1S/C16H21N3O2/c1-11(20)15-10-12-6-3-4-8-14(12)18-9-5-7-13(17-2)16(21)19(15)18/h3-4,6,8,13,15,17H,5,7,9-10H2,1-2H3. The Bertz CT molecular complexity index is 572. The molecule has 1 amide bonds. The van der Waals surface area contributed by atoms with Gasteiger partial charge in [0.25, 0.3) is 5.91 Å². The molecular weight excluding hydrogens is 266 g/mol. The van der Waals surface area contributed by atoms with Crippen molar-refractivity contribution in [3.05, 3.63) is 29.8 Å². The highest BCUT2D eigenvalue weighted by Crippen LogP contribution is 2.33. The summed E-state index contributed by atoms with van der Waals surface area (Å²) in [7, 11) is 1.80. The summed E-state index contributed by atoms with van der Waals surface area (Å²) in [6.45, 7) is 2.34. The molecule has 0 aromatic heterocycles. The number of fused-ring (bicyclic) bond motifs is 3. The molecule has 0 aliphatic carbocycles. The molecular formula is C16H21N3O2. The van der Waals surface area contributed by atoms with E-state index in [1.54, 1.807) is 19.0 Å². The highest BCUT2D eigenvalue weighted by molar-refractivity contribution is 5.92. The van der Waals surface area contributed by atoms with Crippen LogP contribution in [0, 0.1) is 0 Å². The van der Waals surface area contributed by atoms with Crippen molar-refractivity contribution in [1.82, 2.24) is 10.3 Å². The van der Waals surface area contributed by atoms with Crippen LogP contribution in [-0.2, 0) is 16.0 Å². The number of carbonyl (C=O) groups is 2. The maximum atomic E-state index is 12.8. The number of nitrogens with zero attached hydrogens (tertiary/aromatic N) is 2. The molecule has 0 spiro atoms. The second kappa shape index (κ2) is 5.48. The predicted molar refractivity (Wildman–Crippen MR) is 80.9 cm³/mol. The van der Waals surface area contributed by atoms with E-state index in [-0.39, 0.29) is 23.8 Å². The van der Waals surface area contributed by atoms with Crippen LogP contribution in [0.2, 0.25) is 0 Å². The summed E-state index contributed by atoms with van der Waals surface area (Å²) in [5.41, 5.74) is 2.20. The lowest BCUT2D eigenvalue weighted by Gasteiger charge is -2.45. The van der Waals surface area contributed by atoms with Crippen molar-refractivity contribution in [3.63, 3.8) is 0 Å². The number of hydrogen-bond donors (Lipinski definition) is 1. The molecule has 2 aliphatic heterocycles. The lowest BCUT2D eigenvalue weighted by Crippen LogP contribution is -2.60. The van der Waals surface area contributed by atoms with E-state index in [0.29, 0.717) is 6.42 Å². The van der Waals surface area contributed by atoms with Crippen molar-refractivity contribution in [2.45, 2.75) is 38.3 Å². The van der Waals surface area contributed by atoms with E-state index >= 15 is 0 Å². The van der Waals surface area contributed by atoms with Gasteiger partial charge in [-0.2, -0.15) is 0 Å². The first-order chi connectivity index (χ1) is 10.1. The first kappa shape index (κ1) is 14.1. The van der Waals surface area contributed by atoms with Gasteiger partial charge in [-0.25, -0.2) is 5.01 Å². The molecule has 1 aromatic rings. The number of hydrazine groups is 1. The first-order valence-electron chi connectivity index (χ1n) is 7.49. The molecule has 112 valence electrons. The normalized spacial score (nSPS) is 25.1. The zero-order chi connectivity index (χ0) is 15.0. The summed E-state index contributed by atoms with van der Waals surface area (Å²) in [6.07, 6.45) is 2.33.